The number of amides is 1. The lowest BCUT2D eigenvalue weighted by Gasteiger charge is -2.36. The van der Waals surface area contributed by atoms with Crippen LogP contribution >= 0.6 is 0 Å². The molecule has 2 unspecified atom stereocenters. The Hall–Kier alpha value is -3.27. The minimum absolute atomic E-state index is 0.0427. The molecule has 0 saturated carbocycles. The number of anilines is 1. The van der Waals surface area contributed by atoms with Crippen molar-refractivity contribution in [2.75, 3.05) is 18.0 Å². The Morgan fingerprint density at radius 3 is 2.40 bits per heavy atom. The van der Waals surface area contributed by atoms with Crippen molar-refractivity contribution in [1.29, 1.82) is 0 Å². The molecule has 2 N–H and O–H groups in total. The number of aromatic nitrogens is 1. The molecular weight excluding hydrogens is 464 g/mol. The molecule has 8 nitrogen and oxygen atoms in total. The molecule has 1 amide bonds. The fourth-order valence-corrected chi connectivity index (χ4v) is 5.08. The van der Waals surface area contributed by atoms with Gasteiger partial charge in [-0.1, -0.05) is 42.5 Å². The van der Waals surface area contributed by atoms with Gasteiger partial charge in [0.05, 0.1) is 17.1 Å². The van der Waals surface area contributed by atoms with Crippen LogP contribution in [-0.2, 0) is 27.8 Å². The van der Waals surface area contributed by atoms with Crippen LogP contribution in [0.2, 0.25) is 0 Å². The number of carbonyl (C=O) groups is 1. The largest absolute Gasteiger partial charge is 0.372 e. The average molecular weight is 495 g/mol. The topological polar surface area (TPSA) is 101 Å². The van der Waals surface area contributed by atoms with Gasteiger partial charge in [0.1, 0.15) is 5.82 Å². The van der Waals surface area contributed by atoms with E-state index in [0.29, 0.717) is 0 Å². The van der Waals surface area contributed by atoms with Gasteiger partial charge in [0.2, 0.25) is 10.0 Å². The lowest BCUT2D eigenvalue weighted by molar-refractivity contribution is -0.00546. The van der Waals surface area contributed by atoms with Crippen LogP contribution in [0.15, 0.2) is 77.8 Å². The first kappa shape index (κ1) is 24.8. The highest BCUT2D eigenvalue weighted by molar-refractivity contribution is 7.89. The summed E-state index contributed by atoms with van der Waals surface area (Å²) in [6, 6.07) is 19.1. The fraction of sp³-hybridized carbons (Fsp3) is 0.308. The standard InChI is InChI=1S/C26H30N4O4S/c1-19-17-30(18-20(2)34-19)25-12-11-22(14-27-25)15-28-26(31)23-9-6-10-24(13-23)35(32,33)29-16-21-7-4-3-5-8-21/h3-14,19-20,29H,15-18H2,1-2H3,(H,28,31). The van der Waals surface area contributed by atoms with E-state index < -0.39 is 10.0 Å². The Bertz CT molecular complexity index is 1240. The summed E-state index contributed by atoms with van der Waals surface area (Å²) in [6.45, 7) is 6.12. The third kappa shape index (κ3) is 6.66. The molecule has 1 fully saturated rings. The highest BCUT2D eigenvalue weighted by atomic mass is 32.2. The molecule has 4 rings (SSSR count). The number of nitrogens with zero attached hydrogens (tertiary/aromatic N) is 2. The minimum Gasteiger partial charge on any atom is -0.372 e. The number of nitrogens with one attached hydrogen (secondary N) is 2. The Labute approximate surface area is 206 Å². The molecule has 35 heavy (non-hydrogen) atoms. The normalized spacial score (nSPS) is 18.3. The number of rotatable bonds is 8. The van der Waals surface area contributed by atoms with E-state index in [-0.39, 0.29) is 41.7 Å². The number of carbonyl (C=O) groups excluding carboxylic acids is 1. The number of ether oxygens (including phenoxy) is 1. The third-order valence-corrected chi connectivity index (χ3v) is 7.12. The van der Waals surface area contributed by atoms with Crippen molar-refractivity contribution in [2.24, 2.45) is 0 Å². The van der Waals surface area contributed by atoms with Gasteiger partial charge in [-0.15, -0.1) is 0 Å². The molecular formula is C26H30N4O4S. The maximum Gasteiger partial charge on any atom is 0.251 e. The summed E-state index contributed by atoms with van der Waals surface area (Å²) in [4.78, 5) is 19.5. The van der Waals surface area contributed by atoms with E-state index in [9.17, 15) is 13.2 Å². The van der Waals surface area contributed by atoms with Gasteiger partial charge in [-0.2, -0.15) is 0 Å². The van der Waals surface area contributed by atoms with Crippen LogP contribution in [-0.4, -0.2) is 44.6 Å². The summed E-state index contributed by atoms with van der Waals surface area (Å²) in [5, 5.41) is 2.84. The molecule has 3 aromatic rings. The Kier molecular flexibility index (Phi) is 7.80. The summed E-state index contributed by atoms with van der Waals surface area (Å²) in [7, 11) is -3.76. The van der Waals surface area contributed by atoms with Gasteiger partial charge in [0, 0.05) is 37.9 Å². The first-order chi connectivity index (χ1) is 16.8. The van der Waals surface area contributed by atoms with Gasteiger partial charge in [-0.3, -0.25) is 4.79 Å². The lowest BCUT2D eigenvalue weighted by atomic mass is 10.2. The maximum absolute atomic E-state index is 12.7. The SMILES string of the molecule is CC1CN(c2ccc(CNC(=O)c3cccc(S(=O)(=O)NCc4ccccc4)c3)cn2)CC(C)O1. The number of sulfonamides is 1. The first-order valence-corrected chi connectivity index (χ1v) is 13.1. The van der Waals surface area contributed by atoms with E-state index in [1.54, 1.807) is 18.3 Å². The maximum atomic E-state index is 12.7. The molecule has 1 aliphatic heterocycles. The van der Waals surface area contributed by atoms with E-state index in [1.807, 2.05) is 56.3 Å². The zero-order valence-corrected chi connectivity index (χ0v) is 20.7. The van der Waals surface area contributed by atoms with Gasteiger partial charge >= 0.3 is 0 Å². The van der Waals surface area contributed by atoms with Crippen molar-refractivity contribution in [3.05, 3.63) is 89.6 Å². The summed E-state index contributed by atoms with van der Waals surface area (Å²) >= 11 is 0. The second-order valence-electron chi connectivity index (χ2n) is 8.71. The van der Waals surface area contributed by atoms with Gasteiger partial charge in [0.15, 0.2) is 0 Å². The number of hydrogen-bond donors (Lipinski definition) is 2. The first-order valence-electron chi connectivity index (χ1n) is 11.6. The minimum atomic E-state index is -3.76. The van der Waals surface area contributed by atoms with Gasteiger partial charge in [0.25, 0.3) is 5.91 Å². The summed E-state index contributed by atoms with van der Waals surface area (Å²) < 4.78 is 33.7. The van der Waals surface area contributed by atoms with Crippen molar-refractivity contribution >= 4 is 21.7 Å². The monoisotopic (exact) mass is 494 g/mol. The zero-order chi connectivity index (χ0) is 24.8. The van der Waals surface area contributed by atoms with Gasteiger partial charge < -0.3 is 15.0 Å². The smallest absolute Gasteiger partial charge is 0.251 e. The van der Waals surface area contributed by atoms with Crippen molar-refractivity contribution in [2.45, 2.75) is 44.0 Å². The second kappa shape index (κ2) is 11.0. The van der Waals surface area contributed by atoms with Crippen LogP contribution in [0.1, 0.15) is 35.3 Å². The fourth-order valence-electron chi connectivity index (χ4n) is 4.02. The van der Waals surface area contributed by atoms with E-state index in [1.165, 1.54) is 12.1 Å². The van der Waals surface area contributed by atoms with Crippen LogP contribution in [0.3, 0.4) is 0 Å². The van der Waals surface area contributed by atoms with E-state index in [2.05, 4.69) is 19.9 Å². The van der Waals surface area contributed by atoms with Crippen LogP contribution in [0.5, 0.6) is 0 Å². The van der Waals surface area contributed by atoms with Crippen LogP contribution < -0.4 is 14.9 Å². The molecule has 0 bridgehead atoms. The summed E-state index contributed by atoms with van der Waals surface area (Å²) in [5.41, 5.74) is 1.97. The van der Waals surface area contributed by atoms with Crippen molar-refractivity contribution in [3.8, 4) is 0 Å². The van der Waals surface area contributed by atoms with Crippen molar-refractivity contribution in [1.82, 2.24) is 15.0 Å². The summed E-state index contributed by atoms with van der Waals surface area (Å²) in [6.07, 6.45) is 2.04. The van der Waals surface area contributed by atoms with Crippen molar-refractivity contribution < 1.29 is 17.9 Å². The van der Waals surface area contributed by atoms with E-state index >= 15 is 0 Å². The number of hydrogen-bond acceptors (Lipinski definition) is 6. The molecule has 184 valence electrons. The zero-order valence-electron chi connectivity index (χ0n) is 19.8. The quantitative estimate of drug-likeness (QED) is 0.499. The van der Waals surface area contributed by atoms with Gasteiger partial charge in [-0.25, -0.2) is 18.1 Å². The molecule has 0 aliphatic carbocycles. The highest BCUT2D eigenvalue weighted by Gasteiger charge is 2.23. The van der Waals surface area contributed by atoms with E-state index in [0.717, 1.165) is 30.0 Å². The van der Waals surface area contributed by atoms with Crippen molar-refractivity contribution in [3.63, 3.8) is 0 Å². The lowest BCUT2D eigenvalue weighted by Crippen LogP contribution is -2.45. The number of benzene rings is 2. The van der Waals surface area contributed by atoms with E-state index in [4.69, 9.17) is 4.74 Å². The predicted molar refractivity (Wildman–Crippen MR) is 135 cm³/mol. The number of morpholine rings is 1. The number of pyridine rings is 1. The molecule has 1 aromatic heterocycles. The Morgan fingerprint density at radius 1 is 0.971 bits per heavy atom. The van der Waals surface area contributed by atoms with Crippen LogP contribution in [0.4, 0.5) is 5.82 Å². The molecule has 9 heteroatoms. The Morgan fingerprint density at radius 2 is 1.71 bits per heavy atom. The molecule has 2 aromatic carbocycles. The predicted octanol–water partition coefficient (Wildman–Crippen LogP) is 3.10. The van der Waals surface area contributed by atoms with Gasteiger partial charge in [-0.05, 0) is 49.2 Å². The molecule has 0 spiro atoms. The summed E-state index contributed by atoms with van der Waals surface area (Å²) in [5.74, 6) is 0.521. The highest BCUT2D eigenvalue weighted by Crippen LogP contribution is 2.18. The molecule has 0 radical (unpaired) electrons. The molecule has 1 aliphatic rings. The molecule has 2 atom stereocenters. The molecule has 1 saturated heterocycles. The average Bonchev–Trinajstić information content (AvgIpc) is 2.86. The van der Waals surface area contributed by atoms with Crippen LogP contribution in [0.25, 0.3) is 0 Å². The van der Waals surface area contributed by atoms with Crippen LogP contribution in [0, 0.1) is 0 Å². The molecule has 2 heterocycles. The Balaban J connectivity index is 1.35. The second-order valence-corrected chi connectivity index (χ2v) is 10.5. The third-order valence-electron chi connectivity index (χ3n) is 5.72.